The van der Waals surface area contributed by atoms with Gasteiger partial charge in [-0.05, 0) is 18.9 Å². The Kier molecular flexibility index (Phi) is 3.71. The van der Waals surface area contributed by atoms with Gasteiger partial charge in [0.2, 0.25) is 0 Å². The van der Waals surface area contributed by atoms with Crippen LogP contribution in [-0.4, -0.2) is 6.54 Å². The molecule has 0 aliphatic carbocycles. The number of nitrogens with two attached hydrogens (primary N) is 1. The van der Waals surface area contributed by atoms with Crippen molar-refractivity contribution in [2.75, 3.05) is 6.54 Å². The molecule has 7 heavy (non-hydrogen) atoms. The summed E-state index contributed by atoms with van der Waals surface area (Å²) in [4.78, 5) is 0. The van der Waals surface area contributed by atoms with Gasteiger partial charge in [-0.15, -0.1) is 6.58 Å². The topological polar surface area (TPSA) is 26.0 Å². The van der Waals surface area contributed by atoms with Crippen molar-refractivity contribution < 1.29 is 0 Å². The second-order valence-electron chi connectivity index (χ2n) is 1.64. The fourth-order valence-corrected chi connectivity index (χ4v) is 0.430. The molecule has 42 valence electrons. The van der Waals surface area contributed by atoms with E-state index in [0.717, 1.165) is 13.0 Å². The summed E-state index contributed by atoms with van der Waals surface area (Å²) in [5.41, 5.74) is 5.32. The quantitative estimate of drug-likeness (QED) is 0.528. The lowest BCUT2D eigenvalue weighted by Gasteiger charge is -2.01. The first-order valence-electron chi connectivity index (χ1n) is 2.67. The van der Waals surface area contributed by atoms with Gasteiger partial charge in [0.15, 0.2) is 0 Å². The minimum absolute atomic E-state index is 0.528. The Morgan fingerprint density at radius 1 is 1.86 bits per heavy atom. The van der Waals surface area contributed by atoms with E-state index in [9.17, 15) is 0 Å². The molecule has 1 nitrogen and oxygen atoms in total. The highest BCUT2D eigenvalue weighted by Crippen LogP contribution is 1.97. The maximum absolute atomic E-state index is 5.32. The van der Waals surface area contributed by atoms with E-state index in [1.54, 1.807) is 0 Å². The van der Waals surface area contributed by atoms with Crippen LogP contribution in [0.15, 0.2) is 12.7 Å². The minimum Gasteiger partial charge on any atom is -0.330 e. The second kappa shape index (κ2) is 3.88. The van der Waals surface area contributed by atoms with E-state index in [1.165, 1.54) is 0 Å². The van der Waals surface area contributed by atoms with Crippen molar-refractivity contribution in [1.82, 2.24) is 0 Å². The molecule has 1 heteroatoms. The molecule has 2 N–H and O–H groups in total. The van der Waals surface area contributed by atoms with Crippen LogP contribution in [0.5, 0.6) is 0 Å². The molecule has 0 rings (SSSR count). The van der Waals surface area contributed by atoms with E-state index in [0.29, 0.717) is 5.92 Å². The zero-order valence-corrected chi connectivity index (χ0v) is 4.85. The fraction of sp³-hybridized carbons (Fsp3) is 0.667. The predicted octanol–water partition coefficient (Wildman–Crippen LogP) is 1.16. The van der Waals surface area contributed by atoms with Gasteiger partial charge in [-0.2, -0.15) is 0 Å². The highest BCUT2D eigenvalue weighted by atomic mass is 14.5. The smallest absolute Gasteiger partial charge is 0.00144 e. The molecule has 0 saturated heterocycles. The Morgan fingerprint density at radius 2 is 2.43 bits per heavy atom. The van der Waals surface area contributed by atoms with Crippen molar-refractivity contribution in [3.05, 3.63) is 12.7 Å². The van der Waals surface area contributed by atoms with Gasteiger partial charge in [0, 0.05) is 0 Å². The van der Waals surface area contributed by atoms with Crippen molar-refractivity contribution in [3.8, 4) is 0 Å². The average Bonchev–Trinajstić information content (AvgIpc) is 1.72. The molecule has 0 amide bonds. The maximum atomic E-state index is 5.32. The lowest BCUT2D eigenvalue weighted by Crippen LogP contribution is -2.09. The highest BCUT2D eigenvalue weighted by Gasteiger charge is 1.92. The Balaban J connectivity index is 3.16. The molecular weight excluding hydrogens is 86.1 g/mol. The first kappa shape index (κ1) is 6.70. The third kappa shape index (κ3) is 2.40. The van der Waals surface area contributed by atoms with E-state index in [4.69, 9.17) is 5.73 Å². The van der Waals surface area contributed by atoms with Gasteiger partial charge in [0.25, 0.3) is 0 Å². The fourth-order valence-electron chi connectivity index (χ4n) is 0.430. The van der Waals surface area contributed by atoms with E-state index in [1.807, 2.05) is 6.08 Å². The summed E-state index contributed by atoms with van der Waals surface area (Å²) in [6, 6.07) is 0. The zero-order valence-electron chi connectivity index (χ0n) is 4.85. The van der Waals surface area contributed by atoms with Gasteiger partial charge in [0.1, 0.15) is 0 Å². The molecule has 0 unspecified atom stereocenters. The zero-order chi connectivity index (χ0) is 5.70. The molecule has 0 spiro atoms. The summed E-state index contributed by atoms with van der Waals surface area (Å²) < 4.78 is 0. The molecule has 0 aromatic carbocycles. The summed E-state index contributed by atoms with van der Waals surface area (Å²) in [6.45, 7) is 6.47. The monoisotopic (exact) mass is 99.1 g/mol. The third-order valence-electron chi connectivity index (χ3n) is 1.16. The normalized spacial score (nSPS) is 13.4. The van der Waals surface area contributed by atoms with E-state index >= 15 is 0 Å². The van der Waals surface area contributed by atoms with E-state index in [2.05, 4.69) is 13.5 Å². The van der Waals surface area contributed by atoms with Crippen LogP contribution in [0.2, 0.25) is 0 Å². The Bertz CT molecular complexity index is 46.1. The van der Waals surface area contributed by atoms with Crippen LogP contribution < -0.4 is 5.73 Å². The largest absolute Gasteiger partial charge is 0.330 e. The number of hydrogen-bond donors (Lipinski definition) is 1. The van der Waals surface area contributed by atoms with Gasteiger partial charge >= 0.3 is 0 Å². The summed E-state index contributed by atoms with van der Waals surface area (Å²) in [6.07, 6.45) is 3.01. The van der Waals surface area contributed by atoms with Crippen LogP contribution >= 0.6 is 0 Å². The Labute approximate surface area is 45.2 Å². The van der Waals surface area contributed by atoms with Crippen LogP contribution in [0.1, 0.15) is 13.3 Å². The highest BCUT2D eigenvalue weighted by molar-refractivity contribution is 4.77. The van der Waals surface area contributed by atoms with Crippen LogP contribution in [0.4, 0.5) is 0 Å². The predicted molar refractivity (Wildman–Crippen MR) is 33.0 cm³/mol. The molecule has 0 fully saturated rings. The molecule has 0 aliphatic heterocycles. The molecule has 0 aromatic heterocycles. The van der Waals surface area contributed by atoms with Crippen LogP contribution in [-0.2, 0) is 0 Å². The molecular formula is C6H13N. The summed E-state index contributed by atoms with van der Waals surface area (Å²) in [5.74, 6) is 0.528. The second-order valence-corrected chi connectivity index (χ2v) is 1.64. The van der Waals surface area contributed by atoms with Gasteiger partial charge in [0.05, 0.1) is 0 Å². The lowest BCUT2D eigenvalue weighted by molar-refractivity contribution is 0.641. The average molecular weight is 99.2 g/mol. The van der Waals surface area contributed by atoms with Gasteiger partial charge < -0.3 is 5.73 Å². The van der Waals surface area contributed by atoms with Gasteiger partial charge in [-0.3, -0.25) is 0 Å². The molecule has 0 radical (unpaired) electrons. The first-order valence-corrected chi connectivity index (χ1v) is 2.67. The molecule has 0 heterocycles. The van der Waals surface area contributed by atoms with Crippen molar-refractivity contribution in [2.24, 2.45) is 11.7 Å². The maximum Gasteiger partial charge on any atom is -0.00144 e. The lowest BCUT2D eigenvalue weighted by atomic mass is 10.1. The third-order valence-corrected chi connectivity index (χ3v) is 1.16. The van der Waals surface area contributed by atoms with Crippen LogP contribution in [0.25, 0.3) is 0 Å². The van der Waals surface area contributed by atoms with Crippen LogP contribution in [0, 0.1) is 5.92 Å². The molecule has 0 aliphatic rings. The van der Waals surface area contributed by atoms with Gasteiger partial charge in [-0.1, -0.05) is 13.0 Å². The molecule has 0 saturated carbocycles. The number of rotatable bonds is 3. The standard InChI is InChI=1S/C6H13N/c1-3-6(4-2)5-7/h3,6H,1,4-5,7H2,2H3/t6-/m0/s1. The summed E-state index contributed by atoms with van der Waals surface area (Å²) in [7, 11) is 0. The van der Waals surface area contributed by atoms with Crippen molar-refractivity contribution >= 4 is 0 Å². The van der Waals surface area contributed by atoms with Crippen molar-refractivity contribution in [1.29, 1.82) is 0 Å². The van der Waals surface area contributed by atoms with E-state index < -0.39 is 0 Å². The molecule has 0 bridgehead atoms. The van der Waals surface area contributed by atoms with Crippen molar-refractivity contribution in [2.45, 2.75) is 13.3 Å². The molecule has 0 aromatic rings. The minimum atomic E-state index is 0.528. The van der Waals surface area contributed by atoms with Crippen LogP contribution in [0.3, 0.4) is 0 Å². The van der Waals surface area contributed by atoms with Gasteiger partial charge in [-0.25, -0.2) is 0 Å². The van der Waals surface area contributed by atoms with Crippen molar-refractivity contribution in [3.63, 3.8) is 0 Å². The van der Waals surface area contributed by atoms with E-state index in [-0.39, 0.29) is 0 Å². The summed E-state index contributed by atoms with van der Waals surface area (Å²) in [5, 5.41) is 0. The SMILES string of the molecule is C=C[C@@H](CC)CN. The number of hydrogen-bond acceptors (Lipinski definition) is 1. The first-order chi connectivity index (χ1) is 3.35. The Morgan fingerprint density at radius 3 is 2.43 bits per heavy atom. The molecule has 1 atom stereocenters. The summed E-state index contributed by atoms with van der Waals surface area (Å²) >= 11 is 0. The Hall–Kier alpha value is -0.300.